The van der Waals surface area contributed by atoms with E-state index in [1.54, 1.807) is 0 Å². The highest BCUT2D eigenvalue weighted by Crippen LogP contribution is 2.49. The number of esters is 2. The average Bonchev–Trinajstić information content (AvgIpc) is 3.06. The first kappa shape index (κ1) is 18.8. The summed E-state index contributed by atoms with van der Waals surface area (Å²) in [4.78, 5) is 24.8. The number of benzene rings is 2. The topological polar surface area (TPSA) is 57.5 Å². The molecule has 7 heteroatoms. The summed E-state index contributed by atoms with van der Waals surface area (Å²) in [5, 5.41) is 1.30. The van der Waals surface area contributed by atoms with Crippen LogP contribution in [0.2, 0.25) is 10.0 Å². The molecule has 0 spiro atoms. The third kappa shape index (κ3) is 2.54. The number of halogens is 2. The molecule has 3 aromatic rings. The fourth-order valence-electron chi connectivity index (χ4n) is 4.00. The van der Waals surface area contributed by atoms with Crippen molar-refractivity contribution in [2.24, 2.45) is 0 Å². The average molecular weight is 418 g/mol. The van der Waals surface area contributed by atoms with Crippen LogP contribution >= 0.6 is 23.2 Å². The van der Waals surface area contributed by atoms with E-state index in [0.717, 1.165) is 16.6 Å². The maximum Gasteiger partial charge on any atom is 0.342 e. The van der Waals surface area contributed by atoms with Crippen molar-refractivity contribution in [2.75, 3.05) is 0 Å². The molecule has 4 rings (SSSR count). The van der Waals surface area contributed by atoms with Crippen LogP contribution in [0.15, 0.2) is 36.4 Å². The highest BCUT2D eigenvalue weighted by molar-refractivity contribution is 6.42. The van der Waals surface area contributed by atoms with E-state index in [0.29, 0.717) is 17.7 Å². The lowest BCUT2D eigenvalue weighted by Crippen LogP contribution is -2.34. The smallest absolute Gasteiger partial charge is 0.342 e. The summed E-state index contributed by atoms with van der Waals surface area (Å²) >= 11 is 12.3. The van der Waals surface area contributed by atoms with Gasteiger partial charge in [0, 0.05) is 30.1 Å². The third-order valence-electron chi connectivity index (χ3n) is 5.04. The molecule has 0 fully saturated rings. The maximum atomic E-state index is 12.7. The van der Waals surface area contributed by atoms with Crippen molar-refractivity contribution in [3.05, 3.63) is 68.8 Å². The van der Waals surface area contributed by atoms with Gasteiger partial charge >= 0.3 is 17.7 Å². The minimum absolute atomic E-state index is 0.225. The van der Waals surface area contributed by atoms with Crippen molar-refractivity contribution in [1.82, 2.24) is 4.57 Å². The Bertz CT molecular complexity index is 1150. The number of fused-ring (bicyclic) bond motifs is 2. The van der Waals surface area contributed by atoms with E-state index < -0.39 is 17.7 Å². The van der Waals surface area contributed by atoms with Gasteiger partial charge in [-0.2, -0.15) is 0 Å². The molecule has 0 radical (unpaired) electrons. The van der Waals surface area contributed by atoms with Crippen LogP contribution in [0, 0.1) is 6.92 Å². The van der Waals surface area contributed by atoms with Gasteiger partial charge in [0.2, 0.25) is 0 Å². The summed E-state index contributed by atoms with van der Waals surface area (Å²) < 4.78 is 13.6. The molecule has 2 aromatic carbocycles. The predicted octanol–water partition coefficient (Wildman–Crippen LogP) is 5.21. The number of hydrogen-bond acceptors (Lipinski definition) is 4. The number of nitrogens with zero attached hydrogens (tertiary/aromatic N) is 1. The number of carbonyl (C=O) groups excluding carboxylic acids is 2. The lowest BCUT2D eigenvalue weighted by Gasteiger charge is -2.29. The Kier molecular flexibility index (Phi) is 4.40. The van der Waals surface area contributed by atoms with Gasteiger partial charge in [0.15, 0.2) is 0 Å². The van der Waals surface area contributed by atoms with Gasteiger partial charge in [0.05, 0.1) is 26.7 Å². The zero-order valence-electron chi connectivity index (χ0n) is 15.5. The van der Waals surface area contributed by atoms with E-state index in [9.17, 15) is 9.59 Å². The normalized spacial score (nSPS) is 18.2. The van der Waals surface area contributed by atoms with Crippen LogP contribution < -0.4 is 0 Å². The van der Waals surface area contributed by atoms with E-state index in [1.165, 1.54) is 19.1 Å². The van der Waals surface area contributed by atoms with E-state index in [4.69, 9.17) is 32.7 Å². The second kappa shape index (κ2) is 6.54. The highest BCUT2D eigenvalue weighted by Gasteiger charge is 2.53. The minimum Gasteiger partial charge on any atom is -0.414 e. The Morgan fingerprint density at radius 3 is 2.57 bits per heavy atom. The zero-order valence-corrected chi connectivity index (χ0v) is 17.0. The maximum absolute atomic E-state index is 12.7. The Morgan fingerprint density at radius 2 is 1.89 bits per heavy atom. The summed E-state index contributed by atoms with van der Waals surface area (Å²) in [6.07, 6.45) is 0. The van der Waals surface area contributed by atoms with Gasteiger partial charge in [-0.3, -0.25) is 4.79 Å². The highest BCUT2D eigenvalue weighted by atomic mass is 35.5. The molecule has 0 aliphatic carbocycles. The Balaban J connectivity index is 2.13. The number of hydrogen-bond donors (Lipinski definition) is 0. The van der Waals surface area contributed by atoms with Crippen LogP contribution in [0.4, 0.5) is 0 Å². The van der Waals surface area contributed by atoms with Crippen LogP contribution in [0.25, 0.3) is 10.9 Å². The molecule has 2 heterocycles. The van der Waals surface area contributed by atoms with Crippen molar-refractivity contribution in [2.45, 2.75) is 33.1 Å². The van der Waals surface area contributed by atoms with Crippen LogP contribution in [0.5, 0.6) is 0 Å². The Hall–Kier alpha value is -2.50. The number of rotatable bonds is 3. The van der Waals surface area contributed by atoms with Crippen molar-refractivity contribution in [3.8, 4) is 0 Å². The fourth-order valence-corrected chi connectivity index (χ4v) is 4.32. The largest absolute Gasteiger partial charge is 0.414 e. The van der Waals surface area contributed by atoms with Crippen molar-refractivity contribution >= 4 is 46.0 Å². The van der Waals surface area contributed by atoms with Crippen LogP contribution in [-0.4, -0.2) is 16.5 Å². The van der Waals surface area contributed by atoms with E-state index in [-0.39, 0.29) is 15.6 Å². The van der Waals surface area contributed by atoms with Crippen molar-refractivity contribution in [1.29, 1.82) is 0 Å². The lowest BCUT2D eigenvalue weighted by molar-refractivity contribution is -0.190. The summed E-state index contributed by atoms with van der Waals surface area (Å²) in [5.41, 5.74) is 2.98. The Morgan fingerprint density at radius 1 is 1.21 bits per heavy atom. The molecule has 1 aliphatic heterocycles. The molecule has 1 aliphatic rings. The first-order chi connectivity index (χ1) is 13.3. The van der Waals surface area contributed by atoms with Gasteiger partial charge in [-0.05, 0) is 32.0 Å². The first-order valence-corrected chi connectivity index (χ1v) is 9.56. The minimum atomic E-state index is -1.73. The van der Waals surface area contributed by atoms with Crippen LogP contribution in [0.3, 0.4) is 0 Å². The predicted molar refractivity (Wildman–Crippen MR) is 107 cm³/mol. The van der Waals surface area contributed by atoms with Crippen molar-refractivity contribution in [3.63, 3.8) is 0 Å². The first-order valence-electron chi connectivity index (χ1n) is 8.81. The molecular weight excluding hydrogens is 401 g/mol. The number of aryl methyl sites for hydroxylation is 1. The second-order valence-electron chi connectivity index (χ2n) is 6.63. The number of cyclic esters (lactones) is 1. The van der Waals surface area contributed by atoms with Gasteiger partial charge in [0.1, 0.15) is 0 Å². The number of ether oxygens (including phenoxy) is 2. The van der Waals surface area contributed by atoms with Gasteiger partial charge < -0.3 is 14.0 Å². The molecule has 0 saturated carbocycles. The molecule has 0 saturated heterocycles. The molecule has 144 valence electrons. The molecule has 28 heavy (non-hydrogen) atoms. The molecule has 0 N–H and O–H groups in total. The molecule has 5 nitrogen and oxygen atoms in total. The molecule has 1 aromatic heterocycles. The third-order valence-corrected chi connectivity index (χ3v) is 5.76. The van der Waals surface area contributed by atoms with Gasteiger partial charge in [-0.15, -0.1) is 0 Å². The summed E-state index contributed by atoms with van der Waals surface area (Å²) in [6.45, 7) is 5.91. The molecule has 1 atom stereocenters. The van der Waals surface area contributed by atoms with E-state index in [2.05, 4.69) is 4.57 Å². The van der Waals surface area contributed by atoms with Crippen LogP contribution in [0.1, 0.15) is 41.0 Å². The molecule has 0 bridgehead atoms. The number of aromatic nitrogens is 1. The molecule has 0 amide bonds. The second-order valence-corrected chi connectivity index (χ2v) is 7.45. The summed E-state index contributed by atoms with van der Waals surface area (Å²) in [6, 6.07) is 10.7. The van der Waals surface area contributed by atoms with Gasteiger partial charge in [-0.25, -0.2) is 4.79 Å². The molecule has 1 unspecified atom stereocenters. The van der Waals surface area contributed by atoms with Crippen LogP contribution in [-0.2, 0) is 26.6 Å². The summed E-state index contributed by atoms with van der Waals surface area (Å²) in [5.74, 6) is -2.93. The SMILES string of the molecule is CCn1c(C)c(C2(OC(C)=O)OC(=O)c3cc(Cl)c(Cl)cc32)c2ccccc21. The van der Waals surface area contributed by atoms with Crippen molar-refractivity contribution < 1.29 is 19.1 Å². The van der Waals surface area contributed by atoms with Gasteiger partial charge in [-0.1, -0.05) is 41.4 Å². The molecular formula is C21H17Cl2NO4. The fraction of sp³-hybridized carbons (Fsp3) is 0.238. The van der Waals surface area contributed by atoms with Gasteiger partial charge in [0.25, 0.3) is 0 Å². The van der Waals surface area contributed by atoms with E-state index in [1.807, 2.05) is 38.1 Å². The standard InChI is InChI=1S/C21H17Cl2NO4/c1-4-24-11(2)19(13-7-5-6-8-18(13)24)21(27-12(3)25)15-10-17(23)16(22)9-14(15)20(26)28-21/h5-10H,4H2,1-3H3. The number of carbonyl (C=O) groups is 2. The zero-order chi connectivity index (χ0) is 20.2. The summed E-state index contributed by atoms with van der Waals surface area (Å²) in [7, 11) is 0. The Labute approximate surface area is 171 Å². The number of para-hydroxylation sites is 1. The lowest BCUT2D eigenvalue weighted by atomic mass is 9.93. The quantitative estimate of drug-likeness (QED) is 0.548. The van der Waals surface area contributed by atoms with E-state index >= 15 is 0 Å². The monoisotopic (exact) mass is 417 g/mol.